The molecule has 0 aromatic rings. The summed E-state index contributed by atoms with van der Waals surface area (Å²) >= 11 is 0. The van der Waals surface area contributed by atoms with Crippen LogP contribution in [-0.4, -0.2) is 12.6 Å². The zero-order valence-electron chi connectivity index (χ0n) is 18.3. The average Bonchev–Trinajstić information content (AvgIpc) is 2.65. The molecule has 0 unspecified atom stereocenters. The first kappa shape index (κ1) is 28.0. The topological polar surface area (TPSA) is 35.5 Å². The number of carbonyl (C=O) groups excluding carboxylic acids is 1. The SMILES string of the molecule is C=COC(C)=O.C=COCCCCCCCCCCCCCCCCCC. The van der Waals surface area contributed by atoms with Crippen molar-refractivity contribution in [2.45, 2.75) is 117 Å². The van der Waals surface area contributed by atoms with Crippen molar-refractivity contribution < 1.29 is 14.3 Å². The second kappa shape index (κ2) is 27.0. The van der Waals surface area contributed by atoms with E-state index in [1.165, 1.54) is 110 Å². The minimum Gasteiger partial charge on any atom is -0.502 e. The molecule has 0 saturated heterocycles. The van der Waals surface area contributed by atoms with Gasteiger partial charge in [0, 0.05) is 6.92 Å². The number of hydrogen-bond donors (Lipinski definition) is 0. The maximum absolute atomic E-state index is 9.75. The monoisotopic (exact) mass is 382 g/mol. The first-order chi connectivity index (χ1) is 13.2. The molecule has 0 bridgehead atoms. The molecule has 0 aromatic heterocycles. The van der Waals surface area contributed by atoms with Gasteiger partial charge in [0.15, 0.2) is 0 Å². The van der Waals surface area contributed by atoms with Crippen LogP contribution in [-0.2, 0) is 14.3 Å². The molecule has 0 atom stereocenters. The van der Waals surface area contributed by atoms with Crippen molar-refractivity contribution in [2.75, 3.05) is 6.61 Å². The first-order valence-corrected chi connectivity index (χ1v) is 11.2. The van der Waals surface area contributed by atoms with E-state index in [4.69, 9.17) is 4.74 Å². The Hall–Kier alpha value is -1.25. The molecule has 0 amide bonds. The van der Waals surface area contributed by atoms with E-state index in [0.29, 0.717) is 0 Å². The van der Waals surface area contributed by atoms with Crippen LogP contribution in [0.15, 0.2) is 25.7 Å². The molecule has 0 N–H and O–H groups in total. The fraction of sp³-hybridized carbons (Fsp3) is 0.792. The van der Waals surface area contributed by atoms with Gasteiger partial charge in [-0.15, -0.1) is 0 Å². The third-order valence-corrected chi connectivity index (χ3v) is 4.48. The van der Waals surface area contributed by atoms with Crippen LogP contribution in [0.25, 0.3) is 0 Å². The third kappa shape index (κ3) is 32.8. The highest BCUT2D eigenvalue weighted by Gasteiger charge is 1.94. The normalized spacial score (nSPS) is 9.85. The molecule has 0 aliphatic rings. The van der Waals surface area contributed by atoms with Crippen LogP contribution in [0.3, 0.4) is 0 Å². The Morgan fingerprint density at radius 2 is 1.04 bits per heavy atom. The molecule has 0 saturated carbocycles. The Bertz CT molecular complexity index is 313. The number of rotatable bonds is 19. The molecule has 3 heteroatoms. The highest BCUT2D eigenvalue weighted by atomic mass is 16.5. The van der Waals surface area contributed by atoms with Gasteiger partial charge in [-0.05, 0) is 6.42 Å². The van der Waals surface area contributed by atoms with E-state index in [2.05, 4.69) is 24.8 Å². The van der Waals surface area contributed by atoms with Gasteiger partial charge in [-0.1, -0.05) is 116 Å². The molecule has 0 aliphatic heterocycles. The highest BCUT2D eigenvalue weighted by Crippen LogP contribution is 2.13. The summed E-state index contributed by atoms with van der Waals surface area (Å²) in [6.07, 6.45) is 25.3. The van der Waals surface area contributed by atoms with Crippen LogP contribution in [0, 0.1) is 0 Å². The minimum absolute atomic E-state index is 0.329. The molecule has 0 spiro atoms. The van der Waals surface area contributed by atoms with E-state index in [9.17, 15) is 4.79 Å². The Morgan fingerprint density at radius 3 is 1.30 bits per heavy atom. The maximum Gasteiger partial charge on any atom is 0.307 e. The summed E-state index contributed by atoms with van der Waals surface area (Å²) in [4.78, 5) is 9.75. The van der Waals surface area contributed by atoms with Crippen LogP contribution in [0.4, 0.5) is 0 Å². The van der Waals surface area contributed by atoms with Crippen molar-refractivity contribution in [3.05, 3.63) is 25.7 Å². The number of unbranched alkanes of at least 4 members (excludes halogenated alkanes) is 15. The minimum atomic E-state index is -0.329. The van der Waals surface area contributed by atoms with Gasteiger partial charge < -0.3 is 9.47 Å². The third-order valence-electron chi connectivity index (χ3n) is 4.48. The molecule has 0 aromatic carbocycles. The predicted molar refractivity (Wildman–Crippen MR) is 118 cm³/mol. The van der Waals surface area contributed by atoms with Crippen LogP contribution < -0.4 is 0 Å². The predicted octanol–water partition coefficient (Wildman–Crippen LogP) is 8.10. The summed E-state index contributed by atoms with van der Waals surface area (Å²) in [5.41, 5.74) is 0. The first-order valence-electron chi connectivity index (χ1n) is 11.2. The Balaban J connectivity index is 0. The van der Waals surface area contributed by atoms with Gasteiger partial charge in [0.25, 0.3) is 0 Å². The van der Waals surface area contributed by atoms with E-state index in [1.807, 2.05) is 0 Å². The Labute approximate surface area is 169 Å². The van der Waals surface area contributed by atoms with Crippen molar-refractivity contribution in [3.8, 4) is 0 Å². The van der Waals surface area contributed by atoms with Crippen molar-refractivity contribution in [1.82, 2.24) is 0 Å². The summed E-state index contributed by atoms with van der Waals surface area (Å²) < 4.78 is 9.28. The van der Waals surface area contributed by atoms with E-state index >= 15 is 0 Å². The Morgan fingerprint density at radius 1 is 0.667 bits per heavy atom. The van der Waals surface area contributed by atoms with E-state index < -0.39 is 0 Å². The van der Waals surface area contributed by atoms with E-state index in [0.717, 1.165) is 12.9 Å². The summed E-state index contributed by atoms with van der Waals surface area (Å²) in [5.74, 6) is -0.329. The fourth-order valence-corrected chi connectivity index (χ4v) is 2.93. The number of esters is 1. The van der Waals surface area contributed by atoms with Gasteiger partial charge >= 0.3 is 5.97 Å². The van der Waals surface area contributed by atoms with Gasteiger partial charge in [0.05, 0.1) is 19.1 Å². The molecular formula is C24H46O3. The summed E-state index contributed by atoms with van der Waals surface area (Å²) in [7, 11) is 0. The zero-order chi connectivity index (χ0) is 20.4. The van der Waals surface area contributed by atoms with Gasteiger partial charge in [-0.3, -0.25) is 4.79 Å². The lowest BCUT2D eigenvalue weighted by molar-refractivity contribution is -0.135. The lowest BCUT2D eigenvalue weighted by Gasteiger charge is -2.03. The lowest BCUT2D eigenvalue weighted by Crippen LogP contribution is -1.87. The molecule has 0 rings (SSSR count). The van der Waals surface area contributed by atoms with Gasteiger partial charge in [-0.25, -0.2) is 0 Å². The summed E-state index contributed by atoms with van der Waals surface area (Å²) in [6, 6.07) is 0. The molecule has 0 radical (unpaired) electrons. The highest BCUT2D eigenvalue weighted by molar-refractivity contribution is 5.66. The Kier molecular flexibility index (Phi) is 27.9. The maximum atomic E-state index is 9.75. The average molecular weight is 383 g/mol. The lowest BCUT2D eigenvalue weighted by atomic mass is 10.0. The largest absolute Gasteiger partial charge is 0.502 e. The molecule has 0 fully saturated rings. The second-order valence-corrected chi connectivity index (χ2v) is 7.12. The zero-order valence-corrected chi connectivity index (χ0v) is 18.3. The molecule has 27 heavy (non-hydrogen) atoms. The van der Waals surface area contributed by atoms with E-state index in [1.54, 1.807) is 6.26 Å². The smallest absolute Gasteiger partial charge is 0.307 e. The number of hydrogen-bond acceptors (Lipinski definition) is 3. The van der Waals surface area contributed by atoms with Gasteiger partial charge in [0.1, 0.15) is 0 Å². The van der Waals surface area contributed by atoms with Crippen LogP contribution in [0.1, 0.15) is 117 Å². The molecule has 3 nitrogen and oxygen atoms in total. The number of ether oxygens (including phenoxy) is 2. The van der Waals surface area contributed by atoms with E-state index in [-0.39, 0.29) is 5.97 Å². The van der Waals surface area contributed by atoms with Crippen molar-refractivity contribution in [2.24, 2.45) is 0 Å². The number of carbonyl (C=O) groups is 1. The summed E-state index contributed by atoms with van der Waals surface area (Å²) in [5, 5.41) is 0. The molecule has 0 aliphatic carbocycles. The van der Waals surface area contributed by atoms with Gasteiger partial charge in [-0.2, -0.15) is 0 Å². The fourth-order valence-electron chi connectivity index (χ4n) is 2.93. The van der Waals surface area contributed by atoms with Crippen LogP contribution in [0.2, 0.25) is 0 Å². The summed E-state index contributed by atoms with van der Waals surface area (Å²) in [6.45, 7) is 11.2. The molecule has 0 heterocycles. The van der Waals surface area contributed by atoms with Crippen molar-refractivity contribution in [1.29, 1.82) is 0 Å². The van der Waals surface area contributed by atoms with Crippen LogP contribution >= 0.6 is 0 Å². The molecule has 160 valence electrons. The molecular weight excluding hydrogens is 336 g/mol. The quantitative estimate of drug-likeness (QED) is 0.129. The van der Waals surface area contributed by atoms with Crippen molar-refractivity contribution >= 4 is 5.97 Å². The van der Waals surface area contributed by atoms with Gasteiger partial charge in [0.2, 0.25) is 0 Å². The van der Waals surface area contributed by atoms with Crippen molar-refractivity contribution in [3.63, 3.8) is 0 Å². The standard InChI is InChI=1S/C20H40O.C4H6O2/c1-3-5-6-7-8-9-10-11-12-13-14-15-16-17-18-19-20-21-4-2;1-3-6-4(2)5/h4H,2-3,5-20H2,1H3;3H,1H2,2H3. The van der Waals surface area contributed by atoms with Crippen LogP contribution in [0.5, 0.6) is 0 Å². The second-order valence-electron chi connectivity index (χ2n) is 7.12.